The Hall–Kier alpha value is -3.38. The minimum atomic E-state index is -0.379. The van der Waals surface area contributed by atoms with Crippen molar-refractivity contribution < 1.29 is 23.6 Å². The number of nitrogens with one attached hydrogen (secondary N) is 2. The first-order valence-electron chi connectivity index (χ1n) is 9.74. The summed E-state index contributed by atoms with van der Waals surface area (Å²) in [6.07, 6.45) is 0. The van der Waals surface area contributed by atoms with E-state index >= 15 is 0 Å². The molecule has 0 aromatic heterocycles. The van der Waals surface area contributed by atoms with Gasteiger partial charge in [0.1, 0.15) is 19.0 Å². The van der Waals surface area contributed by atoms with Gasteiger partial charge in [0.15, 0.2) is 18.0 Å². The predicted molar refractivity (Wildman–Crippen MR) is 114 cm³/mol. The summed E-state index contributed by atoms with van der Waals surface area (Å²) < 4.78 is 24.6. The number of rotatable bonds is 9. The molecule has 0 saturated carbocycles. The Morgan fingerprint density at radius 1 is 0.967 bits per heavy atom. The summed E-state index contributed by atoms with van der Waals surface area (Å²) in [4.78, 5) is 13.2. The number of carbonyl (C=O) groups excluding carboxylic acids is 1. The van der Waals surface area contributed by atoms with Gasteiger partial charge in [-0.1, -0.05) is 36.4 Å². The molecule has 0 aliphatic rings. The van der Waals surface area contributed by atoms with Crippen LogP contribution >= 0.6 is 0 Å². The number of ether oxygens (including phenoxy) is 2. The zero-order valence-electron chi connectivity index (χ0n) is 17.2. The summed E-state index contributed by atoms with van der Waals surface area (Å²) in [6, 6.07) is 21.6. The molecule has 30 heavy (non-hydrogen) atoms. The lowest BCUT2D eigenvalue weighted by molar-refractivity contribution is -0.885. The standard InChI is InChI=1S/C24H25FN2O3/c1-27(16-24(28)26-21-10-6-9-20(25)14-21)15-19-11-12-22(23(13-19)29-2)30-17-18-7-4-3-5-8-18/h3-14H,15-17H2,1-2H3,(H,26,28)/p+1. The quantitative estimate of drug-likeness (QED) is 0.571. The molecule has 3 aromatic carbocycles. The number of quaternary nitrogens is 1. The maximum absolute atomic E-state index is 13.2. The Morgan fingerprint density at radius 3 is 2.50 bits per heavy atom. The first-order valence-corrected chi connectivity index (χ1v) is 9.74. The molecule has 5 nitrogen and oxygen atoms in total. The van der Waals surface area contributed by atoms with Crippen LogP contribution in [-0.4, -0.2) is 26.6 Å². The highest BCUT2D eigenvalue weighted by Gasteiger charge is 2.13. The molecule has 0 aliphatic heterocycles. The molecule has 0 bridgehead atoms. The third kappa shape index (κ3) is 6.32. The number of benzene rings is 3. The molecule has 2 N–H and O–H groups in total. The van der Waals surface area contributed by atoms with Gasteiger partial charge in [-0.25, -0.2) is 4.39 Å². The van der Waals surface area contributed by atoms with Crippen molar-refractivity contribution in [2.45, 2.75) is 13.2 Å². The van der Waals surface area contributed by atoms with Gasteiger partial charge in [-0.2, -0.15) is 0 Å². The third-order valence-electron chi connectivity index (χ3n) is 4.54. The fourth-order valence-corrected chi connectivity index (χ4v) is 3.13. The minimum Gasteiger partial charge on any atom is -0.493 e. The fourth-order valence-electron chi connectivity index (χ4n) is 3.13. The first kappa shape index (κ1) is 21.3. The Balaban J connectivity index is 1.55. The van der Waals surface area contributed by atoms with E-state index in [4.69, 9.17) is 9.47 Å². The summed E-state index contributed by atoms with van der Waals surface area (Å²) >= 11 is 0. The van der Waals surface area contributed by atoms with E-state index in [2.05, 4.69) is 5.32 Å². The van der Waals surface area contributed by atoms with E-state index in [1.165, 1.54) is 12.1 Å². The summed E-state index contributed by atoms with van der Waals surface area (Å²) in [7, 11) is 3.54. The van der Waals surface area contributed by atoms with Crippen LogP contribution < -0.4 is 19.7 Å². The lowest BCUT2D eigenvalue weighted by Gasteiger charge is -2.16. The molecule has 6 heteroatoms. The van der Waals surface area contributed by atoms with Gasteiger partial charge < -0.3 is 19.7 Å². The molecule has 0 radical (unpaired) electrons. The molecule has 0 fully saturated rings. The lowest BCUT2D eigenvalue weighted by atomic mass is 10.2. The fraction of sp³-hybridized carbons (Fsp3) is 0.208. The highest BCUT2D eigenvalue weighted by Crippen LogP contribution is 2.28. The SMILES string of the molecule is COc1cc(C[NH+](C)CC(=O)Nc2cccc(F)c2)ccc1OCc1ccccc1. The summed E-state index contributed by atoms with van der Waals surface area (Å²) in [6.45, 7) is 1.35. The van der Waals surface area contributed by atoms with E-state index in [1.807, 2.05) is 55.6 Å². The normalized spacial score (nSPS) is 11.6. The Labute approximate surface area is 176 Å². The average molecular weight is 409 g/mol. The number of carbonyl (C=O) groups is 1. The van der Waals surface area contributed by atoms with Crippen molar-refractivity contribution in [3.63, 3.8) is 0 Å². The maximum Gasteiger partial charge on any atom is 0.279 e. The van der Waals surface area contributed by atoms with Crippen molar-refractivity contribution >= 4 is 11.6 Å². The lowest BCUT2D eigenvalue weighted by Crippen LogP contribution is -3.08. The predicted octanol–water partition coefficient (Wildman–Crippen LogP) is 3.07. The van der Waals surface area contributed by atoms with E-state index in [-0.39, 0.29) is 18.3 Å². The molecule has 1 unspecified atom stereocenters. The molecule has 0 spiro atoms. The van der Waals surface area contributed by atoms with Gasteiger partial charge in [-0.15, -0.1) is 0 Å². The number of anilines is 1. The molecule has 3 rings (SSSR count). The van der Waals surface area contributed by atoms with Crippen LogP contribution in [0, 0.1) is 5.82 Å². The van der Waals surface area contributed by atoms with Gasteiger partial charge in [-0.3, -0.25) is 4.79 Å². The number of halogens is 1. The highest BCUT2D eigenvalue weighted by atomic mass is 19.1. The van der Waals surface area contributed by atoms with Gasteiger partial charge in [-0.05, 0) is 42.0 Å². The Bertz CT molecular complexity index is 979. The summed E-state index contributed by atoms with van der Waals surface area (Å²) in [5.74, 6) is 0.773. The largest absolute Gasteiger partial charge is 0.493 e. The third-order valence-corrected chi connectivity index (χ3v) is 4.54. The molecular formula is C24H26FN2O3+. The van der Waals surface area contributed by atoms with Gasteiger partial charge in [0.25, 0.3) is 5.91 Å². The van der Waals surface area contributed by atoms with Crippen molar-refractivity contribution in [2.75, 3.05) is 26.0 Å². The molecule has 3 aromatic rings. The average Bonchev–Trinajstić information content (AvgIpc) is 2.73. The van der Waals surface area contributed by atoms with E-state index < -0.39 is 0 Å². The van der Waals surface area contributed by atoms with E-state index in [0.29, 0.717) is 30.3 Å². The first-order chi connectivity index (χ1) is 14.5. The zero-order valence-corrected chi connectivity index (χ0v) is 17.2. The summed E-state index contributed by atoms with van der Waals surface area (Å²) in [5.41, 5.74) is 2.56. The van der Waals surface area contributed by atoms with Crippen LogP contribution in [0.4, 0.5) is 10.1 Å². The van der Waals surface area contributed by atoms with Crippen LogP contribution in [0.2, 0.25) is 0 Å². The molecule has 0 heterocycles. The number of hydrogen-bond donors (Lipinski definition) is 2. The molecular weight excluding hydrogens is 383 g/mol. The second kappa shape index (κ2) is 10.4. The second-order valence-electron chi connectivity index (χ2n) is 7.13. The number of hydrogen-bond acceptors (Lipinski definition) is 3. The van der Waals surface area contributed by atoms with Crippen molar-refractivity contribution in [3.8, 4) is 11.5 Å². The van der Waals surface area contributed by atoms with Crippen molar-refractivity contribution in [1.29, 1.82) is 0 Å². The van der Waals surface area contributed by atoms with E-state index in [0.717, 1.165) is 16.0 Å². The van der Waals surface area contributed by atoms with Crippen LogP contribution in [0.5, 0.6) is 11.5 Å². The smallest absolute Gasteiger partial charge is 0.279 e. The van der Waals surface area contributed by atoms with Crippen molar-refractivity contribution in [3.05, 3.63) is 89.7 Å². The topological polar surface area (TPSA) is 52.0 Å². The van der Waals surface area contributed by atoms with Gasteiger partial charge >= 0.3 is 0 Å². The zero-order chi connectivity index (χ0) is 21.3. The second-order valence-corrected chi connectivity index (χ2v) is 7.13. The Morgan fingerprint density at radius 2 is 1.77 bits per heavy atom. The molecule has 1 atom stereocenters. The Kier molecular flexibility index (Phi) is 7.40. The van der Waals surface area contributed by atoms with Crippen LogP contribution in [0.15, 0.2) is 72.8 Å². The van der Waals surface area contributed by atoms with Crippen molar-refractivity contribution in [1.82, 2.24) is 0 Å². The molecule has 0 saturated heterocycles. The van der Waals surface area contributed by atoms with E-state index in [9.17, 15) is 9.18 Å². The van der Waals surface area contributed by atoms with Gasteiger partial charge in [0.05, 0.1) is 14.2 Å². The minimum absolute atomic E-state index is 0.173. The molecule has 1 amide bonds. The van der Waals surface area contributed by atoms with Gasteiger partial charge in [0, 0.05) is 11.3 Å². The van der Waals surface area contributed by atoms with Gasteiger partial charge in [0.2, 0.25) is 0 Å². The van der Waals surface area contributed by atoms with Crippen LogP contribution in [0.3, 0.4) is 0 Å². The van der Waals surface area contributed by atoms with Crippen molar-refractivity contribution in [2.24, 2.45) is 0 Å². The molecule has 0 aliphatic carbocycles. The molecule has 156 valence electrons. The number of amides is 1. The van der Waals surface area contributed by atoms with E-state index in [1.54, 1.807) is 19.2 Å². The van der Waals surface area contributed by atoms with Crippen LogP contribution in [-0.2, 0) is 17.9 Å². The maximum atomic E-state index is 13.2. The van der Waals surface area contributed by atoms with Crippen LogP contribution in [0.25, 0.3) is 0 Å². The monoisotopic (exact) mass is 409 g/mol. The number of likely N-dealkylation sites (N-methyl/N-ethyl adjacent to an activating group) is 1. The van der Waals surface area contributed by atoms with Crippen LogP contribution in [0.1, 0.15) is 11.1 Å². The highest BCUT2D eigenvalue weighted by molar-refractivity contribution is 5.91. The number of methoxy groups -OCH3 is 1. The summed E-state index contributed by atoms with van der Waals surface area (Å²) in [5, 5.41) is 2.72.